The number of carbonyl (C=O) groups is 2. The van der Waals surface area contributed by atoms with Crippen LogP contribution in [0.2, 0.25) is 10.0 Å². The zero-order valence-corrected chi connectivity index (χ0v) is 17.9. The normalized spacial score (nSPS) is 16.5. The summed E-state index contributed by atoms with van der Waals surface area (Å²) in [5.74, 6) is -0.425. The van der Waals surface area contributed by atoms with E-state index in [0.717, 1.165) is 11.1 Å². The molecular weight excluding hydrogens is 425 g/mol. The van der Waals surface area contributed by atoms with Crippen LogP contribution in [0.15, 0.2) is 48.8 Å². The molecule has 2 atom stereocenters. The third kappa shape index (κ3) is 3.66. The topological polar surface area (TPSA) is 80.1 Å². The van der Waals surface area contributed by atoms with Gasteiger partial charge in [0.15, 0.2) is 12.0 Å². The molecule has 30 heavy (non-hydrogen) atoms. The molecule has 1 aromatic heterocycles. The molecule has 2 amide bonds. The van der Waals surface area contributed by atoms with E-state index in [1.807, 2.05) is 30.3 Å². The zero-order chi connectivity index (χ0) is 21.4. The van der Waals surface area contributed by atoms with Crippen molar-refractivity contribution in [1.29, 1.82) is 0 Å². The lowest BCUT2D eigenvalue weighted by molar-refractivity contribution is -0.131. The molecule has 0 radical (unpaired) electrons. The van der Waals surface area contributed by atoms with Crippen molar-refractivity contribution < 1.29 is 9.59 Å². The minimum Gasteiger partial charge on any atom is -0.327 e. The van der Waals surface area contributed by atoms with E-state index in [9.17, 15) is 9.59 Å². The molecule has 9 heteroatoms. The second-order valence-corrected chi connectivity index (χ2v) is 8.06. The van der Waals surface area contributed by atoms with Crippen LogP contribution in [-0.2, 0) is 16.0 Å². The number of fused-ring (bicyclic) bond motifs is 3. The monoisotopic (exact) mass is 443 g/mol. The fourth-order valence-electron chi connectivity index (χ4n) is 3.52. The van der Waals surface area contributed by atoms with Crippen LogP contribution >= 0.6 is 23.2 Å². The third-order valence-corrected chi connectivity index (χ3v) is 5.91. The van der Waals surface area contributed by atoms with Crippen molar-refractivity contribution in [2.75, 3.05) is 11.9 Å². The highest BCUT2D eigenvalue weighted by molar-refractivity contribution is 6.42. The molecule has 4 rings (SSSR count). The lowest BCUT2D eigenvalue weighted by atomic mass is 10.0. The van der Waals surface area contributed by atoms with Crippen LogP contribution in [0.5, 0.6) is 0 Å². The number of carbonyl (C=O) groups excluding carboxylic acids is 2. The van der Waals surface area contributed by atoms with E-state index >= 15 is 0 Å². The quantitative estimate of drug-likeness (QED) is 0.665. The number of hydrogen-bond acceptors (Lipinski definition) is 4. The summed E-state index contributed by atoms with van der Waals surface area (Å²) in [6.07, 6.45) is 0.961. The van der Waals surface area contributed by atoms with Crippen LogP contribution in [0.25, 0.3) is 11.4 Å². The van der Waals surface area contributed by atoms with E-state index in [1.165, 1.54) is 11.2 Å². The van der Waals surface area contributed by atoms with E-state index in [4.69, 9.17) is 23.2 Å². The van der Waals surface area contributed by atoms with Crippen LogP contribution in [0.1, 0.15) is 18.7 Å². The SMILES string of the molecule is CC(Cc1ccc(Cl)c(Cl)c1)C(=O)NC1C(=O)N(C)c2ccccc2-c2nncn21. The summed E-state index contributed by atoms with van der Waals surface area (Å²) in [5, 5.41) is 11.9. The number of amides is 2. The van der Waals surface area contributed by atoms with Gasteiger partial charge in [0.25, 0.3) is 5.91 Å². The summed E-state index contributed by atoms with van der Waals surface area (Å²) in [7, 11) is 1.68. The average Bonchev–Trinajstić information content (AvgIpc) is 3.20. The van der Waals surface area contributed by atoms with Gasteiger partial charge in [0.05, 0.1) is 15.7 Å². The Bertz CT molecular complexity index is 1130. The summed E-state index contributed by atoms with van der Waals surface area (Å²) >= 11 is 12.0. The Kier molecular flexibility index (Phi) is 5.49. The van der Waals surface area contributed by atoms with Crippen molar-refractivity contribution >= 4 is 40.7 Å². The second kappa shape index (κ2) is 8.08. The molecule has 2 heterocycles. The molecule has 2 aromatic carbocycles. The van der Waals surface area contributed by atoms with E-state index in [-0.39, 0.29) is 11.8 Å². The van der Waals surface area contributed by atoms with Crippen LogP contribution in [0.4, 0.5) is 5.69 Å². The Morgan fingerprint density at radius 3 is 2.73 bits per heavy atom. The standard InChI is InChI=1S/C21H19Cl2N5O2/c1-12(9-13-7-8-15(22)16(23)10-13)20(29)25-19-21(30)27(2)17-6-4-3-5-14(17)18-26-24-11-28(18)19/h3-8,10-12,19H,9H2,1-2H3,(H,25,29). The number of nitrogens with zero attached hydrogens (tertiary/aromatic N) is 4. The number of para-hydroxylation sites is 1. The van der Waals surface area contributed by atoms with Crippen LogP contribution in [-0.4, -0.2) is 33.6 Å². The molecule has 0 bridgehead atoms. The number of rotatable bonds is 4. The predicted octanol–water partition coefficient (Wildman–Crippen LogP) is 3.72. The number of anilines is 1. The van der Waals surface area contributed by atoms with E-state index in [1.54, 1.807) is 30.7 Å². The molecular formula is C21H19Cl2N5O2. The Morgan fingerprint density at radius 2 is 1.97 bits per heavy atom. The zero-order valence-electron chi connectivity index (χ0n) is 16.3. The van der Waals surface area contributed by atoms with Gasteiger partial charge in [-0.05, 0) is 36.2 Å². The molecule has 0 saturated carbocycles. The number of likely N-dealkylation sites (N-methyl/N-ethyl adjacent to an activating group) is 1. The molecule has 1 N–H and O–H groups in total. The smallest absolute Gasteiger partial charge is 0.270 e. The van der Waals surface area contributed by atoms with Gasteiger partial charge in [0.1, 0.15) is 6.33 Å². The number of nitrogens with one attached hydrogen (secondary N) is 1. The molecule has 2 unspecified atom stereocenters. The third-order valence-electron chi connectivity index (χ3n) is 5.17. The molecule has 1 aliphatic heterocycles. The number of aromatic nitrogens is 3. The van der Waals surface area contributed by atoms with Gasteiger partial charge in [-0.15, -0.1) is 10.2 Å². The second-order valence-electron chi connectivity index (χ2n) is 7.24. The number of benzene rings is 2. The van der Waals surface area contributed by atoms with Crippen molar-refractivity contribution in [2.24, 2.45) is 5.92 Å². The predicted molar refractivity (Wildman–Crippen MR) is 115 cm³/mol. The van der Waals surface area contributed by atoms with E-state index in [2.05, 4.69) is 15.5 Å². The van der Waals surface area contributed by atoms with Gasteiger partial charge >= 0.3 is 0 Å². The average molecular weight is 444 g/mol. The lowest BCUT2D eigenvalue weighted by Gasteiger charge is -2.24. The minimum atomic E-state index is -0.948. The summed E-state index contributed by atoms with van der Waals surface area (Å²) in [6.45, 7) is 1.80. The van der Waals surface area contributed by atoms with Gasteiger partial charge in [0, 0.05) is 18.5 Å². The molecule has 7 nitrogen and oxygen atoms in total. The Labute approximate surface area is 183 Å². The summed E-state index contributed by atoms with van der Waals surface area (Å²) in [6, 6.07) is 12.7. The Hall–Kier alpha value is -2.90. The van der Waals surface area contributed by atoms with Crippen molar-refractivity contribution in [1.82, 2.24) is 20.1 Å². The van der Waals surface area contributed by atoms with Crippen molar-refractivity contribution in [3.05, 3.63) is 64.4 Å². The Morgan fingerprint density at radius 1 is 1.20 bits per heavy atom. The maximum Gasteiger partial charge on any atom is 0.270 e. The first-order chi connectivity index (χ1) is 14.4. The maximum absolute atomic E-state index is 13.2. The van der Waals surface area contributed by atoms with Gasteiger partial charge in [-0.3, -0.25) is 14.2 Å². The lowest BCUT2D eigenvalue weighted by Crippen LogP contribution is -2.45. The number of halogens is 2. The molecule has 0 aliphatic carbocycles. The van der Waals surface area contributed by atoms with Gasteiger partial charge < -0.3 is 10.2 Å². The van der Waals surface area contributed by atoms with Gasteiger partial charge in [-0.1, -0.05) is 48.3 Å². The molecule has 1 aliphatic rings. The molecule has 0 fully saturated rings. The van der Waals surface area contributed by atoms with Crippen LogP contribution in [0, 0.1) is 5.92 Å². The number of hydrogen-bond donors (Lipinski definition) is 1. The molecule has 154 valence electrons. The molecule has 0 saturated heterocycles. The summed E-state index contributed by atoms with van der Waals surface area (Å²) in [4.78, 5) is 27.6. The summed E-state index contributed by atoms with van der Waals surface area (Å²) in [5.41, 5.74) is 2.36. The highest BCUT2D eigenvalue weighted by Gasteiger charge is 2.34. The first-order valence-electron chi connectivity index (χ1n) is 9.37. The van der Waals surface area contributed by atoms with Gasteiger partial charge in [-0.2, -0.15) is 0 Å². The van der Waals surface area contributed by atoms with Crippen LogP contribution < -0.4 is 10.2 Å². The van der Waals surface area contributed by atoms with E-state index in [0.29, 0.717) is 28.0 Å². The van der Waals surface area contributed by atoms with Crippen molar-refractivity contribution in [3.8, 4) is 11.4 Å². The Balaban J connectivity index is 1.59. The summed E-state index contributed by atoms with van der Waals surface area (Å²) < 4.78 is 1.59. The largest absolute Gasteiger partial charge is 0.327 e. The van der Waals surface area contributed by atoms with Crippen molar-refractivity contribution in [3.63, 3.8) is 0 Å². The molecule has 0 spiro atoms. The van der Waals surface area contributed by atoms with Crippen LogP contribution in [0.3, 0.4) is 0 Å². The van der Waals surface area contributed by atoms with Gasteiger partial charge in [0.2, 0.25) is 5.91 Å². The highest BCUT2D eigenvalue weighted by atomic mass is 35.5. The van der Waals surface area contributed by atoms with Crippen molar-refractivity contribution in [2.45, 2.75) is 19.5 Å². The van der Waals surface area contributed by atoms with E-state index < -0.39 is 12.1 Å². The fourth-order valence-corrected chi connectivity index (χ4v) is 3.84. The molecule has 3 aromatic rings. The first-order valence-corrected chi connectivity index (χ1v) is 10.1. The highest BCUT2D eigenvalue weighted by Crippen LogP contribution is 2.34. The first kappa shape index (κ1) is 20.4. The fraction of sp³-hybridized carbons (Fsp3) is 0.238. The minimum absolute atomic E-state index is 0.265. The van der Waals surface area contributed by atoms with Gasteiger partial charge in [-0.25, -0.2) is 0 Å². The maximum atomic E-state index is 13.2.